The molecular formula is C32H58O6Si3. The first-order valence-corrected chi connectivity index (χ1v) is 23.7. The molecule has 1 aromatic carbocycles. The van der Waals surface area contributed by atoms with Gasteiger partial charge in [-0.15, -0.1) is 0 Å². The summed E-state index contributed by atoms with van der Waals surface area (Å²) in [5.74, 6) is 0.717. The maximum Gasteiger partial charge on any atom is 0.308 e. The largest absolute Gasteiger partial charge is 0.485 e. The van der Waals surface area contributed by atoms with Crippen LogP contribution in [0.15, 0.2) is 30.3 Å². The number of hydrogen-bond acceptors (Lipinski definition) is 6. The van der Waals surface area contributed by atoms with Crippen molar-refractivity contribution in [2.75, 3.05) is 6.61 Å². The monoisotopic (exact) mass is 622 g/mol. The number of carbonyl (C=O) groups excluding carboxylic acids is 1. The highest BCUT2D eigenvalue weighted by molar-refractivity contribution is 6.75. The highest BCUT2D eigenvalue weighted by Gasteiger charge is 2.49. The van der Waals surface area contributed by atoms with Crippen molar-refractivity contribution in [3.05, 3.63) is 35.9 Å². The van der Waals surface area contributed by atoms with Crippen LogP contribution in [0.1, 0.15) is 74.8 Å². The van der Waals surface area contributed by atoms with Crippen molar-refractivity contribution >= 4 is 36.7 Å². The van der Waals surface area contributed by atoms with Crippen LogP contribution >= 0.6 is 0 Å². The Morgan fingerprint density at radius 2 is 1.27 bits per heavy atom. The van der Waals surface area contributed by atoms with Gasteiger partial charge in [0.15, 0.2) is 25.0 Å². The van der Waals surface area contributed by atoms with E-state index < -0.39 is 31.1 Å². The van der Waals surface area contributed by atoms with Gasteiger partial charge in [0.2, 0.25) is 0 Å². The van der Waals surface area contributed by atoms with Gasteiger partial charge in [0, 0.05) is 6.92 Å². The van der Waals surface area contributed by atoms with Crippen LogP contribution in [0.4, 0.5) is 0 Å². The van der Waals surface area contributed by atoms with Gasteiger partial charge in [0.1, 0.15) is 23.7 Å². The Balaban J connectivity index is 2.72. The van der Waals surface area contributed by atoms with Gasteiger partial charge in [0.05, 0.1) is 18.3 Å². The average Bonchev–Trinajstić information content (AvgIpc) is 2.76. The Morgan fingerprint density at radius 3 is 1.76 bits per heavy atom. The van der Waals surface area contributed by atoms with E-state index >= 15 is 0 Å². The van der Waals surface area contributed by atoms with Gasteiger partial charge >= 0.3 is 5.97 Å². The number of hydrogen-bond donors (Lipinski definition) is 0. The third-order valence-corrected chi connectivity index (χ3v) is 23.0. The number of carbonyl (C=O) groups is 1. The van der Waals surface area contributed by atoms with Crippen molar-refractivity contribution in [2.45, 2.75) is 142 Å². The molecule has 1 heterocycles. The van der Waals surface area contributed by atoms with Crippen LogP contribution in [0.25, 0.3) is 5.76 Å². The molecule has 0 bridgehead atoms. The zero-order valence-electron chi connectivity index (χ0n) is 28.8. The molecule has 1 aromatic rings. The summed E-state index contributed by atoms with van der Waals surface area (Å²) in [5, 5.41) is 0.0595. The van der Waals surface area contributed by atoms with Gasteiger partial charge in [-0.25, -0.2) is 0 Å². The molecule has 9 heteroatoms. The van der Waals surface area contributed by atoms with Crippen molar-refractivity contribution in [1.82, 2.24) is 0 Å². The molecule has 0 unspecified atom stereocenters. The van der Waals surface area contributed by atoms with Gasteiger partial charge < -0.3 is 22.8 Å². The van der Waals surface area contributed by atoms with Gasteiger partial charge in [0.25, 0.3) is 0 Å². The quantitative estimate of drug-likeness (QED) is 0.155. The molecule has 0 saturated carbocycles. The molecule has 0 N–H and O–H groups in total. The summed E-state index contributed by atoms with van der Waals surface area (Å²) in [5.41, 5.74) is 0.717. The third kappa shape index (κ3) is 8.89. The SMILES string of the molecule is CC(=O)Oc1ccccc1C1=C[C@@H](O[Si](C)(C)C(C)(C)C)[C@H](O[Si](C)(C)C(C)(C)C)[C@@H](CO[Si](C)(C)C(C)(C)C)O1. The van der Waals surface area contributed by atoms with E-state index in [2.05, 4.69) is 102 Å². The molecule has 0 fully saturated rings. The summed E-state index contributed by atoms with van der Waals surface area (Å²) < 4.78 is 33.5. The molecule has 0 amide bonds. The lowest BCUT2D eigenvalue weighted by Gasteiger charge is -2.48. The number of rotatable bonds is 9. The van der Waals surface area contributed by atoms with Crippen molar-refractivity contribution < 1.29 is 27.5 Å². The first-order chi connectivity index (χ1) is 18.3. The molecule has 3 atom stereocenters. The number of ether oxygens (including phenoxy) is 2. The second kappa shape index (κ2) is 12.4. The maximum absolute atomic E-state index is 12.0. The number of benzene rings is 1. The molecule has 0 aliphatic carbocycles. The summed E-state index contributed by atoms with van der Waals surface area (Å²) in [7, 11) is -6.55. The van der Waals surface area contributed by atoms with E-state index in [4.69, 9.17) is 22.8 Å². The van der Waals surface area contributed by atoms with Crippen LogP contribution in [0.5, 0.6) is 5.75 Å². The molecule has 41 heavy (non-hydrogen) atoms. The fourth-order valence-electron chi connectivity index (χ4n) is 3.71. The van der Waals surface area contributed by atoms with Crippen molar-refractivity contribution in [1.29, 1.82) is 0 Å². The van der Waals surface area contributed by atoms with Crippen LogP contribution in [-0.2, 0) is 22.8 Å². The lowest BCUT2D eigenvalue weighted by atomic mass is 10.0. The summed E-state index contributed by atoms with van der Waals surface area (Å²) in [4.78, 5) is 12.0. The predicted molar refractivity (Wildman–Crippen MR) is 178 cm³/mol. The number of esters is 1. The van der Waals surface area contributed by atoms with Gasteiger partial charge in [-0.2, -0.15) is 0 Å². The smallest absolute Gasteiger partial charge is 0.308 e. The van der Waals surface area contributed by atoms with Gasteiger partial charge in [-0.3, -0.25) is 4.79 Å². The Bertz CT molecular complexity index is 1090. The van der Waals surface area contributed by atoms with E-state index in [1.165, 1.54) is 6.92 Å². The van der Waals surface area contributed by atoms with Crippen LogP contribution in [0.3, 0.4) is 0 Å². The summed E-state index contributed by atoms with van der Waals surface area (Å²) in [6, 6.07) is 7.50. The highest BCUT2D eigenvalue weighted by Crippen LogP contribution is 2.44. The third-order valence-electron chi connectivity index (χ3n) is 9.58. The van der Waals surface area contributed by atoms with E-state index in [9.17, 15) is 4.79 Å². The molecule has 0 spiro atoms. The Hall–Kier alpha value is -1.24. The van der Waals surface area contributed by atoms with E-state index in [0.717, 1.165) is 5.56 Å². The minimum Gasteiger partial charge on any atom is -0.485 e. The second-order valence-electron chi connectivity index (χ2n) is 16.0. The van der Waals surface area contributed by atoms with E-state index in [-0.39, 0.29) is 33.3 Å². The Labute approximate surface area is 253 Å². The van der Waals surface area contributed by atoms with Gasteiger partial charge in [-0.05, 0) is 72.6 Å². The highest BCUT2D eigenvalue weighted by atomic mass is 28.4. The van der Waals surface area contributed by atoms with Crippen molar-refractivity contribution in [3.8, 4) is 5.75 Å². The molecule has 0 saturated heterocycles. The molecule has 0 radical (unpaired) electrons. The minimum absolute atomic E-state index is 0.00359. The zero-order chi connectivity index (χ0) is 31.8. The van der Waals surface area contributed by atoms with Crippen LogP contribution in [-0.4, -0.2) is 55.8 Å². The van der Waals surface area contributed by atoms with E-state index in [1.807, 2.05) is 24.3 Å². The normalized spacial score (nSPS) is 21.3. The molecule has 234 valence electrons. The predicted octanol–water partition coefficient (Wildman–Crippen LogP) is 9.15. The maximum atomic E-state index is 12.0. The Kier molecular flexibility index (Phi) is 10.9. The molecular weight excluding hydrogens is 565 g/mol. The van der Waals surface area contributed by atoms with E-state index in [1.54, 1.807) is 6.07 Å². The second-order valence-corrected chi connectivity index (χ2v) is 30.4. The summed E-state index contributed by atoms with van der Waals surface area (Å²) in [6.45, 7) is 35.7. The lowest BCUT2D eigenvalue weighted by Crippen LogP contribution is -2.58. The summed E-state index contributed by atoms with van der Waals surface area (Å²) in [6.07, 6.45) is 0.939. The van der Waals surface area contributed by atoms with Crippen molar-refractivity contribution in [2.24, 2.45) is 0 Å². The van der Waals surface area contributed by atoms with Crippen LogP contribution < -0.4 is 4.74 Å². The van der Waals surface area contributed by atoms with Crippen LogP contribution in [0, 0.1) is 0 Å². The summed E-state index contributed by atoms with van der Waals surface area (Å²) >= 11 is 0. The fraction of sp³-hybridized carbons (Fsp3) is 0.719. The van der Waals surface area contributed by atoms with E-state index in [0.29, 0.717) is 18.1 Å². The molecule has 6 nitrogen and oxygen atoms in total. The molecule has 1 aliphatic heterocycles. The average molecular weight is 623 g/mol. The van der Waals surface area contributed by atoms with Crippen LogP contribution in [0.2, 0.25) is 54.4 Å². The first kappa shape index (κ1) is 36.0. The number of para-hydroxylation sites is 1. The standard InChI is InChI=1S/C32H58O6Si3/c1-23(33)35-25-20-18-17-19-24(25)26-21-27(37-40(13,14)31(5,6)7)29(38-41(15,16)32(8,9)10)28(36-26)22-34-39(11,12)30(2,3)4/h17-21,27-29H,22H2,1-16H3/t27-,28-,29+/m1/s1. The minimum atomic E-state index is -2.23. The van der Waals surface area contributed by atoms with Gasteiger partial charge in [-0.1, -0.05) is 74.4 Å². The Morgan fingerprint density at radius 1 is 0.780 bits per heavy atom. The first-order valence-electron chi connectivity index (χ1n) is 14.9. The fourth-order valence-corrected chi connectivity index (χ4v) is 7.28. The molecule has 1 aliphatic rings. The van der Waals surface area contributed by atoms with Crippen molar-refractivity contribution in [3.63, 3.8) is 0 Å². The lowest BCUT2D eigenvalue weighted by molar-refractivity contribution is -0.131. The molecule has 2 rings (SSSR count). The topological polar surface area (TPSA) is 63.2 Å². The zero-order valence-corrected chi connectivity index (χ0v) is 31.8. The molecule has 0 aromatic heterocycles.